The first-order valence-electron chi connectivity index (χ1n) is 5.35. The first-order valence-corrected chi connectivity index (χ1v) is 5.35. The average Bonchev–Trinajstić information content (AvgIpc) is 2.02. The van der Waals surface area contributed by atoms with E-state index < -0.39 is 0 Å². The van der Waals surface area contributed by atoms with Crippen molar-refractivity contribution >= 4 is 0 Å². The van der Waals surface area contributed by atoms with Gasteiger partial charge in [0.2, 0.25) is 0 Å². The number of nitrogens with zero attached hydrogens (tertiary/aromatic N) is 2. The van der Waals surface area contributed by atoms with Crippen molar-refractivity contribution in [3.05, 3.63) is 0 Å². The third-order valence-corrected chi connectivity index (χ3v) is 2.62. The maximum Gasteiger partial charge on any atom is 0.0125 e. The molecule has 0 radical (unpaired) electrons. The molecule has 0 saturated carbocycles. The number of hydrogen-bond acceptors (Lipinski definition) is 2. The second-order valence-corrected chi connectivity index (χ2v) is 4.65. The Morgan fingerprint density at radius 1 is 0.923 bits per heavy atom. The topological polar surface area (TPSA) is 6.48 Å². The van der Waals surface area contributed by atoms with Crippen LogP contribution in [-0.4, -0.2) is 48.6 Å². The van der Waals surface area contributed by atoms with Gasteiger partial charge >= 0.3 is 0 Å². The highest BCUT2D eigenvalue weighted by molar-refractivity contribution is 4.75. The lowest BCUT2D eigenvalue weighted by atomic mass is 10.1. The first kappa shape index (κ1) is 12.9. The van der Waals surface area contributed by atoms with Crippen molar-refractivity contribution in [1.82, 2.24) is 9.80 Å². The summed E-state index contributed by atoms with van der Waals surface area (Å²) >= 11 is 0. The number of likely N-dealkylation sites (N-methyl/N-ethyl adjacent to an activating group) is 2. The van der Waals surface area contributed by atoms with Crippen LogP contribution in [0.3, 0.4) is 0 Å². The maximum atomic E-state index is 2.51. The average molecular weight is 186 g/mol. The predicted molar refractivity (Wildman–Crippen MR) is 60.2 cm³/mol. The zero-order valence-corrected chi connectivity index (χ0v) is 10.2. The van der Waals surface area contributed by atoms with E-state index >= 15 is 0 Å². The molecule has 80 valence electrons. The third-order valence-electron chi connectivity index (χ3n) is 2.62. The Bertz CT molecular complexity index is 127. The van der Waals surface area contributed by atoms with Gasteiger partial charge in [-0.05, 0) is 40.9 Å². The van der Waals surface area contributed by atoms with Gasteiger partial charge in [-0.15, -0.1) is 0 Å². The van der Waals surface area contributed by atoms with Gasteiger partial charge in [-0.2, -0.15) is 0 Å². The van der Waals surface area contributed by atoms with Crippen molar-refractivity contribution < 1.29 is 0 Å². The van der Waals surface area contributed by atoms with Gasteiger partial charge in [-0.25, -0.2) is 0 Å². The predicted octanol–water partition coefficient (Wildman–Crippen LogP) is 2.06. The van der Waals surface area contributed by atoms with E-state index in [9.17, 15) is 0 Å². The van der Waals surface area contributed by atoms with Crippen molar-refractivity contribution in [3.8, 4) is 0 Å². The molecular weight excluding hydrogens is 160 g/mol. The summed E-state index contributed by atoms with van der Waals surface area (Å²) in [5, 5.41) is 0. The lowest BCUT2D eigenvalue weighted by molar-refractivity contribution is 0.129. The lowest BCUT2D eigenvalue weighted by Crippen LogP contribution is -2.44. The van der Waals surface area contributed by atoms with Crippen LogP contribution in [0.2, 0.25) is 0 Å². The van der Waals surface area contributed by atoms with E-state index in [1.807, 2.05) is 0 Å². The van der Waals surface area contributed by atoms with E-state index in [-0.39, 0.29) is 0 Å². The first-order chi connectivity index (χ1) is 5.91. The van der Waals surface area contributed by atoms with Gasteiger partial charge in [-0.1, -0.05) is 13.8 Å². The molecule has 0 saturated heterocycles. The minimum atomic E-state index is 0.309. The van der Waals surface area contributed by atoms with E-state index in [0.29, 0.717) is 5.54 Å². The van der Waals surface area contributed by atoms with Gasteiger partial charge in [0.1, 0.15) is 0 Å². The monoisotopic (exact) mass is 186 g/mol. The molecule has 0 atom stereocenters. The van der Waals surface area contributed by atoms with Crippen LogP contribution < -0.4 is 0 Å². The van der Waals surface area contributed by atoms with Gasteiger partial charge in [-0.3, -0.25) is 4.90 Å². The fraction of sp³-hybridized carbons (Fsp3) is 1.00. The molecule has 0 amide bonds. The normalized spacial score (nSPS) is 12.9. The summed E-state index contributed by atoms with van der Waals surface area (Å²) in [7, 11) is 2.18. The molecule has 0 unspecified atom stereocenters. The van der Waals surface area contributed by atoms with Gasteiger partial charge in [0.25, 0.3) is 0 Å². The van der Waals surface area contributed by atoms with Crippen LogP contribution in [0.25, 0.3) is 0 Å². The maximum absolute atomic E-state index is 2.51. The molecule has 0 rings (SSSR count). The molecule has 2 heteroatoms. The summed E-state index contributed by atoms with van der Waals surface area (Å²) in [5.41, 5.74) is 0.309. The summed E-state index contributed by atoms with van der Waals surface area (Å²) < 4.78 is 0. The Balaban J connectivity index is 3.86. The Kier molecular flexibility index (Phi) is 5.57. The van der Waals surface area contributed by atoms with Crippen LogP contribution in [0.5, 0.6) is 0 Å². The highest BCUT2D eigenvalue weighted by Gasteiger charge is 2.18. The van der Waals surface area contributed by atoms with Crippen LogP contribution in [-0.2, 0) is 0 Å². The SMILES string of the molecule is CCN(C)CCN(CC)C(C)(C)C. The van der Waals surface area contributed by atoms with E-state index in [1.54, 1.807) is 0 Å². The molecule has 0 bridgehead atoms. The van der Waals surface area contributed by atoms with E-state index in [0.717, 1.165) is 13.1 Å². The van der Waals surface area contributed by atoms with Gasteiger partial charge in [0.05, 0.1) is 0 Å². The summed E-state index contributed by atoms with van der Waals surface area (Å²) in [6.07, 6.45) is 0. The second-order valence-electron chi connectivity index (χ2n) is 4.65. The fourth-order valence-electron chi connectivity index (χ4n) is 1.42. The Labute approximate surface area is 83.9 Å². The van der Waals surface area contributed by atoms with Crippen LogP contribution in [0, 0.1) is 0 Å². The molecular formula is C11H26N2. The van der Waals surface area contributed by atoms with Crippen molar-refractivity contribution in [2.24, 2.45) is 0 Å². The van der Waals surface area contributed by atoms with Crippen LogP contribution in [0.15, 0.2) is 0 Å². The van der Waals surface area contributed by atoms with E-state index in [2.05, 4.69) is 51.5 Å². The Morgan fingerprint density at radius 2 is 1.46 bits per heavy atom. The Hall–Kier alpha value is -0.0800. The molecule has 13 heavy (non-hydrogen) atoms. The molecule has 2 nitrogen and oxygen atoms in total. The Morgan fingerprint density at radius 3 is 1.77 bits per heavy atom. The molecule has 0 aliphatic carbocycles. The fourth-order valence-corrected chi connectivity index (χ4v) is 1.42. The molecule has 0 spiro atoms. The van der Waals surface area contributed by atoms with Crippen LogP contribution >= 0.6 is 0 Å². The smallest absolute Gasteiger partial charge is 0.0125 e. The molecule has 0 aliphatic heterocycles. The molecule has 0 N–H and O–H groups in total. The third kappa shape index (κ3) is 5.27. The minimum Gasteiger partial charge on any atom is -0.305 e. The highest BCUT2D eigenvalue weighted by atomic mass is 15.2. The number of rotatable bonds is 5. The van der Waals surface area contributed by atoms with Gasteiger partial charge in [0.15, 0.2) is 0 Å². The van der Waals surface area contributed by atoms with Gasteiger partial charge < -0.3 is 4.90 Å². The molecule has 0 aromatic rings. The summed E-state index contributed by atoms with van der Waals surface area (Å²) in [5.74, 6) is 0. The molecule has 0 heterocycles. The molecule has 0 aromatic heterocycles. The molecule has 0 fully saturated rings. The summed E-state index contributed by atoms with van der Waals surface area (Å²) in [4.78, 5) is 4.87. The van der Waals surface area contributed by atoms with Crippen molar-refractivity contribution in [1.29, 1.82) is 0 Å². The largest absolute Gasteiger partial charge is 0.305 e. The molecule has 0 aromatic carbocycles. The highest BCUT2D eigenvalue weighted by Crippen LogP contribution is 2.11. The standard InChI is InChI=1S/C11H26N2/c1-7-12(6)9-10-13(8-2)11(3,4)5/h7-10H2,1-6H3. The van der Waals surface area contributed by atoms with Crippen LogP contribution in [0.4, 0.5) is 0 Å². The molecule has 0 aliphatic rings. The van der Waals surface area contributed by atoms with Crippen LogP contribution in [0.1, 0.15) is 34.6 Å². The number of hydrogen-bond donors (Lipinski definition) is 0. The quantitative estimate of drug-likeness (QED) is 0.648. The zero-order valence-electron chi connectivity index (χ0n) is 10.2. The van der Waals surface area contributed by atoms with Crippen molar-refractivity contribution in [2.75, 3.05) is 33.2 Å². The summed E-state index contributed by atoms with van der Waals surface area (Å²) in [6, 6.07) is 0. The summed E-state index contributed by atoms with van der Waals surface area (Å²) in [6.45, 7) is 15.9. The van der Waals surface area contributed by atoms with Crippen molar-refractivity contribution in [3.63, 3.8) is 0 Å². The van der Waals surface area contributed by atoms with Gasteiger partial charge in [0, 0.05) is 18.6 Å². The van der Waals surface area contributed by atoms with E-state index in [1.165, 1.54) is 13.1 Å². The van der Waals surface area contributed by atoms with Crippen molar-refractivity contribution in [2.45, 2.75) is 40.2 Å². The second kappa shape index (κ2) is 5.61. The minimum absolute atomic E-state index is 0.309. The van der Waals surface area contributed by atoms with E-state index in [4.69, 9.17) is 0 Å². The lowest BCUT2D eigenvalue weighted by Gasteiger charge is -2.35. The zero-order chi connectivity index (χ0) is 10.5.